The molecule has 21 heavy (non-hydrogen) atoms. The van der Waals surface area contributed by atoms with Gasteiger partial charge >= 0.3 is 0 Å². The van der Waals surface area contributed by atoms with Gasteiger partial charge < -0.3 is 4.98 Å². The van der Waals surface area contributed by atoms with Gasteiger partial charge in [-0.25, -0.2) is 13.3 Å². The van der Waals surface area contributed by atoms with E-state index in [1.165, 1.54) is 6.07 Å². The summed E-state index contributed by atoms with van der Waals surface area (Å²) in [5, 5.41) is 0.635. The van der Waals surface area contributed by atoms with Crippen LogP contribution in [-0.4, -0.2) is 9.55 Å². The number of nitrogens with one attached hydrogen (secondary N) is 1. The molecule has 1 aromatic heterocycles. The van der Waals surface area contributed by atoms with E-state index in [9.17, 15) is 13.6 Å². The number of benzene rings is 2. The first kappa shape index (κ1) is 13.9. The lowest BCUT2D eigenvalue weighted by Gasteiger charge is -2.09. The first-order valence-electron chi connectivity index (χ1n) is 5.87. The van der Waals surface area contributed by atoms with Crippen LogP contribution in [0.15, 0.2) is 41.2 Å². The van der Waals surface area contributed by atoms with E-state index in [2.05, 4.69) is 4.98 Å². The number of halogens is 3. The van der Waals surface area contributed by atoms with E-state index < -0.39 is 17.2 Å². The molecule has 0 bridgehead atoms. The first-order valence-corrected chi connectivity index (χ1v) is 6.66. The molecule has 1 N–H and O–H groups in total. The Morgan fingerprint density at radius 1 is 1.14 bits per heavy atom. The number of hydrogen-bond donors (Lipinski definition) is 1. The van der Waals surface area contributed by atoms with Crippen LogP contribution in [0.4, 0.5) is 8.78 Å². The maximum atomic E-state index is 13.9. The zero-order valence-corrected chi connectivity index (χ0v) is 11.9. The summed E-state index contributed by atoms with van der Waals surface area (Å²) in [6, 6.07) is 7.59. The van der Waals surface area contributed by atoms with Crippen molar-refractivity contribution in [2.75, 3.05) is 0 Å². The minimum Gasteiger partial charge on any atom is -0.331 e. The molecule has 106 valence electrons. The summed E-state index contributed by atoms with van der Waals surface area (Å²) in [4.78, 5) is 15.3. The molecule has 0 saturated carbocycles. The third-order valence-corrected chi connectivity index (χ3v) is 3.53. The molecule has 0 aliphatic heterocycles. The van der Waals surface area contributed by atoms with Crippen LogP contribution in [-0.2, 0) is 0 Å². The summed E-state index contributed by atoms with van der Waals surface area (Å²) in [5.41, 5.74) is -0.153. The Balaban J connectivity index is 2.43. The third-order valence-electron chi connectivity index (χ3n) is 3.01. The van der Waals surface area contributed by atoms with Gasteiger partial charge in [-0.1, -0.05) is 11.6 Å². The second-order valence-electron chi connectivity index (χ2n) is 4.36. The van der Waals surface area contributed by atoms with Crippen LogP contribution in [0.3, 0.4) is 0 Å². The standard InChI is InChI=1S/C14H7ClF2N2OS/c15-7-1-3-11-9(5-7)13(20)19(14(21)18-11)12-4-2-8(16)6-10(12)17/h1-6H,(H,18,21). The predicted octanol–water partition coefficient (Wildman–Crippen LogP) is 3.98. The van der Waals surface area contributed by atoms with Crippen LogP contribution in [0, 0.1) is 16.4 Å². The van der Waals surface area contributed by atoms with Gasteiger partial charge in [-0.3, -0.25) is 4.79 Å². The molecule has 0 amide bonds. The maximum absolute atomic E-state index is 13.9. The fourth-order valence-electron chi connectivity index (χ4n) is 2.07. The monoisotopic (exact) mass is 324 g/mol. The van der Waals surface area contributed by atoms with Gasteiger partial charge in [0, 0.05) is 11.1 Å². The number of fused-ring (bicyclic) bond motifs is 1. The minimum atomic E-state index is -0.877. The van der Waals surface area contributed by atoms with Crippen molar-refractivity contribution in [3.8, 4) is 5.69 Å². The molecule has 0 fully saturated rings. The van der Waals surface area contributed by atoms with Gasteiger partial charge in [-0.2, -0.15) is 0 Å². The zero-order valence-electron chi connectivity index (χ0n) is 10.4. The molecule has 3 aromatic rings. The predicted molar refractivity (Wildman–Crippen MR) is 79.7 cm³/mol. The molecule has 0 atom stereocenters. The highest BCUT2D eigenvalue weighted by Crippen LogP contribution is 2.18. The molecule has 2 aromatic carbocycles. The highest BCUT2D eigenvalue weighted by atomic mass is 35.5. The molecule has 0 saturated heterocycles. The van der Waals surface area contributed by atoms with Gasteiger partial charge in [0.1, 0.15) is 11.6 Å². The highest BCUT2D eigenvalue weighted by molar-refractivity contribution is 7.71. The molecule has 0 aliphatic carbocycles. The van der Waals surface area contributed by atoms with Gasteiger partial charge in [0.05, 0.1) is 16.6 Å². The van der Waals surface area contributed by atoms with Crippen molar-refractivity contribution < 1.29 is 8.78 Å². The van der Waals surface area contributed by atoms with E-state index in [1.54, 1.807) is 12.1 Å². The van der Waals surface area contributed by atoms with Crippen molar-refractivity contribution in [3.63, 3.8) is 0 Å². The molecular weight excluding hydrogens is 318 g/mol. The van der Waals surface area contributed by atoms with Gasteiger partial charge in [0.25, 0.3) is 5.56 Å². The van der Waals surface area contributed by atoms with Gasteiger partial charge in [0.15, 0.2) is 4.77 Å². The van der Waals surface area contributed by atoms with Crippen molar-refractivity contribution in [2.45, 2.75) is 0 Å². The number of rotatable bonds is 1. The van der Waals surface area contributed by atoms with Crippen molar-refractivity contribution >= 4 is 34.7 Å². The van der Waals surface area contributed by atoms with Crippen LogP contribution in [0.5, 0.6) is 0 Å². The smallest absolute Gasteiger partial charge is 0.266 e. The summed E-state index contributed by atoms with van der Waals surface area (Å²) in [5.74, 6) is -1.61. The molecular formula is C14H7ClF2N2OS. The van der Waals surface area contributed by atoms with E-state index >= 15 is 0 Å². The Bertz CT molecular complexity index is 981. The molecule has 0 radical (unpaired) electrons. The van der Waals surface area contributed by atoms with Crippen molar-refractivity contribution in [2.24, 2.45) is 0 Å². The summed E-state index contributed by atoms with van der Waals surface area (Å²) in [7, 11) is 0. The molecule has 3 rings (SSSR count). The normalized spacial score (nSPS) is 11.0. The molecule has 0 unspecified atom stereocenters. The fraction of sp³-hybridized carbons (Fsp3) is 0. The number of hydrogen-bond acceptors (Lipinski definition) is 2. The van der Waals surface area contributed by atoms with E-state index in [0.717, 1.165) is 16.7 Å². The third kappa shape index (κ3) is 2.36. The average molecular weight is 325 g/mol. The molecule has 1 heterocycles. The van der Waals surface area contributed by atoms with Crippen molar-refractivity contribution in [1.29, 1.82) is 0 Å². The summed E-state index contributed by atoms with van der Waals surface area (Å²) in [6.45, 7) is 0. The van der Waals surface area contributed by atoms with Gasteiger partial charge in [-0.15, -0.1) is 0 Å². The molecule has 0 spiro atoms. The maximum Gasteiger partial charge on any atom is 0.266 e. The van der Waals surface area contributed by atoms with E-state index in [1.807, 2.05) is 0 Å². The summed E-state index contributed by atoms with van der Waals surface area (Å²) >= 11 is 11.0. The summed E-state index contributed by atoms with van der Waals surface area (Å²) in [6.07, 6.45) is 0. The van der Waals surface area contributed by atoms with Crippen molar-refractivity contribution in [3.05, 3.63) is 68.2 Å². The molecule has 0 aliphatic rings. The Kier molecular flexibility index (Phi) is 3.35. The largest absolute Gasteiger partial charge is 0.331 e. The number of aromatic nitrogens is 2. The Labute approximate surface area is 127 Å². The lowest BCUT2D eigenvalue weighted by molar-refractivity contribution is 0.576. The number of aromatic amines is 1. The Hall–Kier alpha value is -2.05. The van der Waals surface area contributed by atoms with Crippen LogP contribution < -0.4 is 5.56 Å². The van der Waals surface area contributed by atoms with E-state index in [-0.39, 0.29) is 15.8 Å². The number of nitrogens with zero attached hydrogens (tertiary/aromatic N) is 1. The second kappa shape index (κ2) is 5.05. The molecule has 3 nitrogen and oxygen atoms in total. The first-order chi connectivity index (χ1) is 9.97. The Morgan fingerprint density at radius 2 is 1.90 bits per heavy atom. The lowest BCUT2D eigenvalue weighted by Crippen LogP contribution is -2.21. The minimum absolute atomic E-state index is 0.0142. The second-order valence-corrected chi connectivity index (χ2v) is 5.18. The van der Waals surface area contributed by atoms with Crippen molar-refractivity contribution in [1.82, 2.24) is 9.55 Å². The fourth-order valence-corrected chi connectivity index (χ4v) is 2.53. The Morgan fingerprint density at radius 3 is 2.62 bits per heavy atom. The molecule has 7 heteroatoms. The number of H-pyrrole nitrogens is 1. The van der Waals surface area contributed by atoms with Crippen LogP contribution in [0.25, 0.3) is 16.6 Å². The van der Waals surface area contributed by atoms with E-state index in [4.69, 9.17) is 23.8 Å². The quantitative estimate of drug-likeness (QED) is 0.688. The van der Waals surface area contributed by atoms with Gasteiger partial charge in [-0.05, 0) is 42.5 Å². The van der Waals surface area contributed by atoms with Gasteiger partial charge in [0.2, 0.25) is 0 Å². The topological polar surface area (TPSA) is 37.8 Å². The zero-order chi connectivity index (χ0) is 15.1. The highest BCUT2D eigenvalue weighted by Gasteiger charge is 2.12. The lowest BCUT2D eigenvalue weighted by atomic mass is 10.2. The van der Waals surface area contributed by atoms with Crippen LogP contribution in [0.1, 0.15) is 0 Å². The SMILES string of the molecule is O=c1c2cc(Cl)ccc2[nH]c(=S)n1-c1ccc(F)cc1F. The summed E-state index contributed by atoms with van der Waals surface area (Å²) < 4.78 is 27.9. The van der Waals surface area contributed by atoms with Crippen LogP contribution in [0.2, 0.25) is 5.02 Å². The average Bonchev–Trinajstić information content (AvgIpc) is 2.42. The van der Waals surface area contributed by atoms with Crippen LogP contribution >= 0.6 is 23.8 Å². The van der Waals surface area contributed by atoms with E-state index in [0.29, 0.717) is 16.6 Å².